The Labute approximate surface area is 166 Å². The average Bonchev–Trinajstić information content (AvgIpc) is 3.28. The zero-order valence-electron chi connectivity index (χ0n) is 14.4. The second kappa shape index (κ2) is 7.37. The van der Waals surface area contributed by atoms with Crippen LogP contribution >= 0.6 is 23.4 Å². The largest absolute Gasteiger partial charge is 0.336 e. The highest BCUT2D eigenvalue weighted by Crippen LogP contribution is 2.28. The Kier molecular flexibility index (Phi) is 4.93. The summed E-state index contributed by atoms with van der Waals surface area (Å²) in [5, 5.41) is 0.463. The van der Waals surface area contributed by atoms with Gasteiger partial charge in [-0.3, -0.25) is 19.3 Å². The molecular weight excluding hydrogens is 384 g/mol. The first-order valence-electron chi connectivity index (χ1n) is 8.67. The number of thioether (sulfide) groups is 1. The van der Waals surface area contributed by atoms with Crippen LogP contribution in [0.4, 0.5) is 4.79 Å². The van der Waals surface area contributed by atoms with Gasteiger partial charge in [-0.15, -0.1) is 0 Å². The molecule has 2 aromatic carbocycles. The predicted octanol–water partition coefficient (Wildman–Crippen LogP) is 3.92. The Hall–Kier alpha value is -2.31. The van der Waals surface area contributed by atoms with Crippen molar-refractivity contribution in [1.82, 2.24) is 9.80 Å². The van der Waals surface area contributed by atoms with Crippen molar-refractivity contribution in [2.75, 3.05) is 18.8 Å². The summed E-state index contributed by atoms with van der Waals surface area (Å²) in [6, 6.07) is 14.7. The van der Waals surface area contributed by atoms with E-state index in [1.165, 1.54) is 4.90 Å². The fourth-order valence-corrected chi connectivity index (χ4v) is 4.48. The maximum Gasteiger partial charge on any atom is 0.289 e. The quantitative estimate of drug-likeness (QED) is 0.783. The highest BCUT2D eigenvalue weighted by atomic mass is 35.5. The summed E-state index contributed by atoms with van der Waals surface area (Å²) in [6.07, 6.45) is 0.629. The molecule has 1 unspecified atom stereocenters. The lowest BCUT2D eigenvalue weighted by Gasteiger charge is -2.22. The van der Waals surface area contributed by atoms with E-state index in [2.05, 4.69) is 0 Å². The monoisotopic (exact) mass is 400 g/mol. The molecule has 0 radical (unpaired) electrons. The van der Waals surface area contributed by atoms with Gasteiger partial charge in [0.25, 0.3) is 11.1 Å². The maximum absolute atomic E-state index is 12.8. The van der Waals surface area contributed by atoms with Crippen LogP contribution in [0.25, 0.3) is 11.1 Å². The van der Waals surface area contributed by atoms with Crippen molar-refractivity contribution < 1.29 is 14.4 Å². The van der Waals surface area contributed by atoms with Crippen molar-refractivity contribution in [3.63, 3.8) is 0 Å². The van der Waals surface area contributed by atoms with Gasteiger partial charge in [-0.05, 0) is 41.8 Å². The lowest BCUT2D eigenvalue weighted by molar-refractivity contribution is -0.126. The van der Waals surface area contributed by atoms with Gasteiger partial charge in [-0.25, -0.2) is 0 Å². The van der Waals surface area contributed by atoms with Gasteiger partial charge >= 0.3 is 0 Å². The first-order valence-corrected chi connectivity index (χ1v) is 10.0. The smallest absolute Gasteiger partial charge is 0.289 e. The summed E-state index contributed by atoms with van der Waals surface area (Å²) in [4.78, 5) is 39.6. The molecule has 0 aliphatic carbocycles. The molecule has 2 fully saturated rings. The number of carbonyl (C=O) groups is 3. The van der Waals surface area contributed by atoms with Crippen molar-refractivity contribution in [3.05, 3.63) is 59.1 Å². The topological polar surface area (TPSA) is 57.7 Å². The summed E-state index contributed by atoms with van der Waals surface area (Å²) in [7, 11) is 0. The Morgan fingerprint density at radius 1 is 1.07 bits per heavy atom. The van der Waals surface area contributed by atoms with Gasteiger partial charge in [0, 0.05) is 23.7 Å². The molecule has 2 aliphatic rings. The molecule has 0 saturated carbocycles. The van der Waals surface area contributed by atoms with Gasteiger partial charge in [-0.1, -0.05) is 47.6 Å². The minimum Gasteiger partial charge on any atom is -0.336 e. The van der Waals surface area contributed by atoms with E-state index in [0.29, 0.717) is 30.1 Å². The Morgan fingerprint density at radius 2 is 1.85 bits per heavy atom. The van der Waals surface area contributed by atoms with Gasteiger partial charge in [0.2, 0.25) is 5.91 Å². The molecule has 0 N–H and O–H groups in total. The van der Waals surface area contributed by atoms with Gasteiger partial charge in [0.1, 0.15) is 0 Å². The van der Waals surface area contributed by atoms with Gasteiger partial charge in [0.15, 0.2) is 0 Å². The van der Waals surface area contributed by atoms with E-state index in [0.717, 1.165) is 22.9 Å². The third kappa shape index (κ3) is 3.59. The van der Waals surface area contributed by atoms with Crippen LogP contribution in [0.2, 0.25) is 5.02 Å². The zero-order chi connectivity index (χ0) is 19.0. The highest BCUT2D eigenvalue weighted by molar-refractivity contribution is 8.14. The second-order valence-electron chi connectivity index (χ2n) is 6.60. The third-order valence-corrected chi connectivity index (χ3v) is 5.96. The molecule has 1 atom stereocenters. The lowest BCUT2D eigenvalue weighted by Crippen LogP contribution is -2.41. The molecule has 4 rings (SSSR count). The summed E-state index contributed by atoms with van der Waals surface area (Å²) < 4.78 is 0. The number of amides is 3. The van der Waals surface area contributed by atoms with Crippen molar-refractivity contribution in [1.29, 1.82) is 0 Å². The molecule has 5 nitrogen and oxygen atoms in total. The first-order chi connectivity index (χ1) is 13.0. The number of hydrogen-bond acceptors (Lipinski definition) is 4. The minimum absolute atomic E-state index is 0.0816. The Morgan fingerprint density at radius 3 is 2.52 bits per heavy atom. The first kappa shape index (κ1) is 18.1. The molecule has 7 heteroatoms. The predicted molar refractivity (Wildman–Crippen MR) is 106 cm³/mol. The van der Waals surface area contributed by atoms with E-state index >= 15 is 0 Å². The molecule has 3 amide bonds. The zero-order valence-corrected chi connectivity index (χ0v) is 16.0. The van der Waals surface area contributed by atoms with Crippen LogP contribution in [0.5, 0.6) is 0 Å². The summed E-state index contributed by atoms with van der Waals surface area (Å²) >= 11 is 7.07. The number of rotatable bonds is 3. The van der Waals surface area contributed by atoms with E-state index in [-0.39, 0.29) is 28.8 Å². The Bertz CT molecular complexity index is 900. The minimum atomic E-state index is -0.213. The average molecular weight is 401 g/mol. The number of imide groups is 1. The number of likely N-dealkylation sites (tertiary alicyclic amines) is 1. The lowest BCUT2D eigenvalue weighted by atomic mass is 10.0. The maximum atomic E-state index is 12.8. The van der Waals surface area contributed by atoms with Gasteiger partial charge in [-0.2, -0.15) is 0 Å². The van der Waals surface area contributed by atoms with Crippen molar-refractivity contribution in [3.8, 4) is 11.1 Å². The normalized spacial score (nSPS) is 19.8. The summed E-state index contributed by atoms with van der Waals surface area (Å²) in [5.41, 5.74) is 2.57. The van der Waals surface area contributed by atoms with E-state index in [9.17, 15) is 14.4 Å². The summed E-state index contributed by atoms with van der Waals surface area (Å²) in [6.45, 7) is 0.939. The molecular formula is C20H17ClN2O3S. The van der Waals surface area contributed by atoms with Crippen LogP contribution in [0.15, 0.2) is 48.5 Å². The molecule has 138 valence electrons. The molecule has 2 heterocycles. The van der Waals surface area contributed by atoms with Crippen molar-refractivity contribution in [2.24, 2.45) is 0 Å². The number of carbonyl (C=O) groups excluding carboxylic acids is 3. The third-order valence-electron chi connectivity index (χ3n) is 4.89. The molecule has 0 bridgehead atoms. The van der Waals surface area contributed by atoms with Crippen LogP contribution in [-0.4, -0.2) is 51.7 Å². The Balaban J connectivity index is 1.46. The van der Waals surface area contributed by atoms with Crippen LogP contribution < -0.4 is 0 Å². The number of halogens is 1. The molecule has 0 spiro atoms. The number of hydrogen-bond donors (Lipinski definition) is 0. The van der Waals surface area contributed by atoms with Crippen LogP contribution in [0, 0.1) is 0 Å². The molecule has 2 saturated heterocycles. The van der Waals surface area contributed by atoms with Gasteiger partial charge < -0.3 is 4.90 Å². The molecule has 2 aromatic rings. The standard InChI is InChI=1S/C20H17ClN2O3S/c21-16-3-1-2-15(10-16)13-4-6-14(7-5-13)19(25)22-9-8-17(11-22)23-18(24)12-27-20(23)26/h1-7,10,17H,8-9,11-12H2. The fourth-order valence-electron chi connectivity index (χ4n) is 3.51. The van der Waals surface area contributed by atoms with Crippen molar-refractivity contribution >= 4 is 40.4 Å². The molecule has 2 aliphatic heterocycles. The second-order valence-corrected chi connectivity index (χ2v) is 7.96. The van der Waals surface area contributed by atoms with E-state index in [4.69, 9.17) is 11.6 Å². The number of benzene rings is 2. The van der Waals surface area contributed by atoms with Gasteiger partial charge in [0.05, 0.1) is 11.8 Å². The van der Waals surface area contributed by atoms with Crippen LogP contribution in [0.1, 0.15) is 16.8 Å². The molecule has 0 aromatic heterocycles. The fraction of sp³-hybridized carbons (Fsp3) is 0.250. The highest BCUT2D eigenvalue weighted by Gasteiger charge is 2.40. The SMILES string of the molecule is O=C(c1ccc(-c2cccc(Cl)c2)cc1)N1CCC(N2C(=O)CSC2=O)C1. The summed E-state index contributed by atoms with van der Waals surface area (Å²) in [5.74, 6) is -0.0362. The molecule has 27 heavy (non-hydrogen) atoms. The van der Waals surface area contributed by atoms with Crippen LogP contribution in [0.3, 0.4) is 0 Å². The van der Waals surface area contributed by atoms with Crippen molar-refractivity contribution in [2.45, 2.75) is 12.5 Å². The number of nitrogens with zero attached hydrogens (tertiary/aromatic N) is 2. The van der Waals surface area contributed by atoms with Crippen LogP contribution in [-0.2, 0) is 4.79 Å². The van der Waals surface area contributed by atoms with E-state index in [1.807, 2.05) is 36.4 Å². The van der Waals surface area contributed by atoms with E-state index in [1.54, 1.807) is 17.0 Å². The van der Waals surface area contributed by atoms with E-state index < -0.39 is 0 Å².